The van der Waals surface area contributed by atoms with Crippen molar-refractivity contribution >= 4 is 33.6 Å². The third-order valence-corrected chi connectivity index (χ3v) is 5.58. The van der Waals surface area contributed by atoms with Gasteiger partial charge in [0.05, 0.1) is 5.69 Å². The van der Waals surface area contributed by atoms with Crippen molar-refractivity contribution < 1.29 is 13.2 Å². The van der Waals surface area contributed by atoms with Gasteiger partial charge in [-0.15, -0.1) is 16.4 Å². The molecule has 3 aromatic rings. The fourth-order valence-electron chi connectivity index (χ4n) is 2.85. The fraction of sp³-hybridized carbons (Fsp3) is 0.312. The van der Waals surface area contributed by atoms with Crippen molar-refractivity contribution in [1.29, 1.82) is 0 Å². The third-order valence-electron chi connectivity index (χ3n) is 3.96. The zero-order valence-corrected chi connectivity index (χ0v) is 15.5. The summed E-state index contributed by atoms with van der Waals surface area (Å²) >= 11 is 6.57. The van der Waals surface area contributed by atoms with E-state index in [-0.39, 0.29) is 15.9 Å². The SMILES string of the molecule is Cc1cc(=O)c2c(C)c(-n3c(C(F)(F)F)nn(C)c3=S)cc(C)c2s1. The van der Waals surface area contributed by atoms with Crippen LogP contribution in [0, 0.1) is 25.5 Å². The van der Waals surface area contributed by atoms with E-state index in [2.05, 4.69) is 5.10 Å². The van der Waals surface area contributed by atoms with Crippen LogP contribution in [-0.2, 0) is 13.2 Å². The normalized spacial score (nSPS) is 12.1. The van der Waals surface area contributed by atoms with Gasteiger partial charge < -0.3 is 0 Å². The second-order valence-electron chi connectivity index (χ2n) is 5.83. The van der Waals surface area contributed by atoms with Crippen LogP contribution in [0.4, 0.5) is 13.2 Å². The molecule has 0 aliphatic carbocycles. The van der Waals surface area contributed by atoms with Crippen LogP contribution >= 0.6 is 23.6 Å². The van der Waals surface area contributed by atoms with Crippen LogP contribution < -0.4 is 5.43 Å². The van der Waals surface area contributed by atoms with Gasteiger partial charge in [0.15, 0.2) is 5.43 Å². The molecular weight excluding hydrogens is 371 g/mol. The first kappa shape index (κ1) is 17.8. The number of benzene rings is 1. The summed E-state index contributed by atoms with van der Waals surface area (Å²) in [5, 5.41) is 3.94. The van der Waals surface area contributed by atoms with Crippen molar-refractivity contribution in [1.82, 2.24) is 14.3 Å². The maximum atomic E-state index is 13.4. The Labute approximate surface area is 150 Å². The molecule has 0 bridgehead atoms. The molecule has 0 spiro atoms. The highest BCUT2D eigenvalue weighted by atomic mass is 32.1. The van der Waals surface area contributed by atoms with Crippen LogP contribution in [0.3, 0.4) is 0 Å². The molecule has 132 valence electrons. The molecule has 2 aromatic heterocycles. The lowest BCUT2D eigenvalue weighted by molar-refractivity contribution is -0.146. The highest BCUT2D eigenvalue weighted by Gasteiger charge is 2.39. The minimum absolute atomic E-state index is 0.0857. The van der Waals surface area contributed by atoms with E-state index in [1.807, 2.05) is 6.92 Å². The molecule has 0 saturated heterocycles. The number of hydrogen-bond donors (Lipinski definition) is 0. The van der Waals surface area contributed by atoms with Crippen molar-refractivity contribution in [3.05, 3.63) is 49.0 Å². The minimum atomic E-state index is -4.67. The lowest BCUT2D eigenvalue weighted by Gasteiger charge is -2.15. The maximum absolute atomic E-state index is 13.4. The van der Waals surface area contributed by atoms with Crippen LogP contribution in [0.1, 0.15) is 21.8 Å². The Morgan fingerprint density at radius 3 is 2.44 bits per heavy atom. The number of nitrogens with zero attached hydrogens (tertiary/aromatic N) is 3. The molecule has 4 nitrogen and oxygen atoms in total. The van der Waals surface area contributed by atoms with Crippen LogP contribution in [0.15, 0.2) is 16.9 Å². The smallest absolute Gasteiger partial charge is 0.289 e. The van der Waals surface area contributed by atoms with Crippen LogP contribution in [0.25, 0.3) is 15.8 Å². The zero-order chi connectivity index (χ0) is 18.7. The van der Waals surface area contributed by atoms with Crippen LogP contribution in [0.5, 0.6) is 0 Å². The highest BCUT2D eigenvalue weighted by molar-refractivity contribution is 7.71. The summed E-state index contributed by atoms with van der Waals surface area (Å²) in [6.07, 6.45) is -4.67. The summed E-state index contributed by atoms with van der Waals surface area (Å²) in [6.45, 7) is 5.23. The minimum Gasteiger partial charge on any atom is -0.289 e. The van der Waals surface area contributed by atoms with E-state index in [9.17, 15) is 18.0 Å². The van der Waals surface area contributed by atoms with Gasteiger partial charge in [-0.05, 0) is 56.2 Å². The van der Waals surface area contributed by atoms with Crippen molar-refractivity contribution in [2.24, 2.45) is 7.05 Å². The molecule has 0 saturated carbocycles. The molecule has 0 fully saturated rings. The Morgan fingerprint density at radius 2 is 1.84 bits per heavy atom. The predicted octanol–water partition coefficient (Wildman–Crippen LogP) is 4.46. The number of rotatable bonds is 1. The molecule has 0 amide bonds. The second-order valence-corrected chi connectivity index (χ2v) is 7.45. The van der Waals surface area contributed by atoms with Gasteiger partial charge in [-0.3, -0.25) is 9.36 Å². The Bertz CT molecular complexity index is 1120. The van der Waals surface area contributed by atoms with Crippen molar-refractivity contribution in [2.75, 3.05) is 0 Å². The molecule has 0 aliphatic rings. The molecule has 9 heteroatoms. The molecule has 0 radical (unpaired) electrons. The standard InChI is InChI=1S/C16H14F3N3OS2/c1-7-5-10(9(3)12-11(23)6-8(2)25-13(7)12)22-14(16(17,18)19)20-21(4)15(22)24/h5-6H,1-4H3. The third kappa shape index (κ3) is 2.81. The summed E-state index contributed by atoms with van der Waals surface area (Å²) in [6, 6.07) is 3.12. The summed E-state index contributed by atoms with van der Waals surface area (Å²) < 4.78 is 42.8. The zero-order valence-electron chi connectivity index (χ0n) is 13.9. The fourth-order valence-corrected chi connectivity index (χ4v) is 4.14. The molecule has 0 unspecified atom stereocenters. The molecule has 2 heterocycles. The molecule has 0 N–H and O–H groups in total. The number of hydrogen-bond acceptors (Lipinski definition) is 4. The van der Waals surface area contributed by atoms with Gasteiger partial charge >= 0.3 is 6.18 Å². The Morgan fingerprint density at radius 1 is 1.20 bits per heavy atom. The van der Waals surface area contributed by atoms with Gasteiger partial charge in [0, 0.05) is 22.0 Å². The number of aromatic nitrogens is 3. The number of aryl methyl sites for hydroxylation is 4. The molecule has 0 aliphatic heterocycles. The topological polar surface area (TPSA) is 39.8 Å². The van der Waals surface area contributed by atoms with Crippen LogP contribution in [-0.4, -0.2) is 14.3 Å². The average Bonchev–Trinajstić information content (AvgIpc) is 2.78. The van der Waals surface area contributed by atoms with Gasteiger partial charge in [-0.2, -0.15) is 13.2 Å². The average molecular weight is 385 g/mol. The first-order valence-corrected chi connectivity index (χ1v) is 8.53. The van der Waals surface area contributed by atoms with Crippen molar-refractivity contribution in [3.63, 3.8) is 0 Å². The molecule has 25 heavy (non-hydrogen) atoms. The number of halogens is 3. The van der Waals surface area contributed by atoms with E-state index in [1.54, 1.807) is 19.9 Å². The quantitative estimate of drug-likeness (QED) is 0.581. The lowest BCUT2D eigenvalue weighted by atomic mass is 10.0. The van der Waals surface area contributed by atoms with Gasteiger partial charge in [-0.25, -0.2) is 4.68 Å². The summed E-state index contributed by atoms with van der Waals surface area (Å²) in [5.74, 6) is -1.11. The Balaban J connectivity index is 2.50. The summed E-state index contributed by atoms with van der Waals surface area (Å²) in [7, 11) is 1.36. The lowest BCUT2D eigenvalue weighted by Crippen LogP contribution is -2.15. The van der Waals surface area contributed by atoms with E-state index in [1.165, 1.54) is 24.5 Å². The monoisotopic (exact) mass is 385 g/mol. The largest absolute Gasteiger partial charge is 0.452 e. The number of alkyl halides is 3. The van der Waals surface area contributed by atoms with Gasteiger partial charge in [-0.1, -0.05) is 0 Å². The summed E-state index contributed by atoms with van der Waals surface area (Å²) in [4.78, 5) is 13.3. The van der Waals surface area contributed by atoms with Gasteiger partial charge in [0.25, 0.3) is 0 Å². The van der Waals surface area contributed by atoms with Gasteiger partial charge in [0.2, 0.25) is 10.6 Å². The molecule has 0 atom stereocenters. The number of fused-ring (bicyclic) bond motifs is 1. The van der Waals surface area contributed by atoms with E-state index in [0.717, 1.165) is 24.4 Å². The van der Waals surface area contributed by atoms with Crippen molar-refractivity contribution in [3.8, 4) is 5.69 Å². The first-order valence-electron chi connectivity index (χ1n) is 7.30. The van der Waals surface area contributed by atoms with E-state index >= 15 is 0 Å². The summed E-state index contributed by atoms with van der Waals surface area (Å²) in [5.41, 5.74) is 1.19. The molecule has 1 aromatic carbocycles. The predicted molar refractivity (Wildman–Crippen MR) is 94.2 cm³/mol. The van der Waals surface area contributed by atoms with Gasteiger partial charge in [0.1, 0.15) is 0 Å². The van der Waals surface area contributed by atoms with E-state index in [4.69, 9.17) is 12.2 Å². The molecular formula is C16H14F3N3OS2. The van der Waals surface area contributed by atoms with E-state index < -0.39 is 12.0 Å². The first-order chi connectivity index (χ1) is 11.5. The highest BCUT2D eigenvalue weighted by Crippen LogP contribution is 2.34. The van der Waals surface area contributed by atoms with E-state index in [0.29, 0.717) is 10.9 Å². The van der Waals surface area contributed by atoms with Crippen LogP contribution in [0.2, 0.25) is 0 Å². The van der Waals surface area contributed by atoms with Crippen molar-refractivity contribution in [2.45, 2.75) is 26.9 Å². The Kier molecular flexibility index (Phi) is 4.11. The second kappa shape index (κ2) is 5.77. The molecule has 3 rings (SSSR count). The maximum Gasteiger partial charge on any atom is 0.452 e. The Hall–Kier alpha value is -2.00.